The Bertz CT molecular complexity index is 203. The fourth-order valence-corrected chi connectivity index (χ4v) is 2.71. The molecule has 2 N–H and O–H groups in total. The molecule has 0 aromatic carbocycles. The zero-order chi connectivity index (χ0) is 13.4. The predicted octanol–water partition coefficient (Wildman–Crippen LogP) is 0.621. The Morgan fingerprint density at radius 1 is 1.33 bits per heavy atom. The second-order valence-corrected chi connectivity index (χ2v) is 5.84. The lowest BCUT2D eigenvalue weighted by atomic mass is 9.96. The number of piperidine rings is 1. The third-order valence-corrected chi connectivity index (χ3v) is 3.71. The molecule has 18 heavy (non-hydrogen) atoms. The average molecular weight is 257 g/mol. The normalized spacial score (nSPS) is 20.5. The van der Waals surface area contributed by atoms with Gasteiger partial charge in [0.2, 0.25) is 0 Å². The Hall–Kier alpha value is -0.160. The van der Waals surface area contributed by atoms with Crippen molar-refractivity contribution < 1.29 is 5.11 Å². The summed E-state index contributed by atoms with van der Waals surface area (Å²) in [6, 6.07) is 0.246. The molecule has 4 heteroatoms. The molecule has 0 aromatic rings. The van der Waals surface area contributed by atoms with E-state index in [-0.39, 0.29) is 12.6 Å². The number of nitrogens with one attached hydrogen (secondary N) is 1. The summed E-state index contributed by atoms with van der Waals surface area (Å²) in [5.41, 5.74) is 0. The van der Waals surface area contributed by atoms with Crippen LogP contribution in [0, 0.1) is 5.92 Å². The Kier molecular flexibility index (Phi) is 7.82. The van der Waals surface area contributed by atoms with E-state index in [1.165, 1.54) is 32.5 Å². The van der Waals surface area contributed by atoms with Crippen LogP contribution in [0.25, 0.3) is 0 Å². The fourth-order valence-electron chi connectivity index (χ4n) is 2.71. The van der Waals surface area contributed by atoms with Gasteiger partial charge in [0.25, 0.3) is 0 Å². The van der Waals surface area contributed by atoms with Gasteiger partial charge in [0.15, 0.2) is 0 Å². The number of aliphatic hydroxyl groups is 1. The highest BCUT2D eigenvalue weighted by molar-refractivity contribution is 4.78. The van der Waals surface area contributed by atoms with Crippen molar-refractivity contribution in [3.63, 3.8) is 0 Å². The first kappa shape index (κ1) is 15.9. The van der Waals surface area contributed by atoms with Gasteiger partial charge in [-0.1, -0.05) is 6.92 Å². The monoisotopic (exact) mass is 257 g/mol. The molecule has 0 amide bonds. The fraction of sp³-hybridized carbons (Fsp3) is 1.00. The van der Waals surface area contributed by atoms with E-state index in [4.69, 9.17) is 0 Å². The molecular formula is C14H31N3O. The largest absolute Gasteiger partial charge is 0.395 e. The summed E-state index contributed by atoms with van der Waals surface area (Å²) in [6.45, 7) is 7.98. The van der Waals surface area contributed by atoms with E-state index in [1.54, 1.807) is 0 Å². The molecule has 1 atom stereocenters. The number of hydrogen-bond acceptors (Lipinski definition) is 4. The lowest BCUT2D eigenvalue weighted by molar-refractivity contribution is 0.131. The van der Waals surface area contributed by atoms with Crippen molar-refractivity contribution >= 4 is 0 Å². The zero-order valence-corrected chi connectivity index (χ0v) is 12.4. The van der Waals surface area contributed by atoms with Gasteiger partial charge in [0, 0.05) is 19.1 Å². The first-order valence-electron chi connectivity index (χ1n) is 7.37. The van der Waals surface area contributed by atoms with Crippen LogP contribution < -0.4 is 5.32 Å². The topological polar surface area (TPSA) is 38.7 Å². The lowest BCUT2D eigenvalue weighted by Crippen LogP contribution is -2.46. The third-order valence-electron chi connectivity index (χ3n) is 3.71. The van der Waals surface area contributed by atoms with Crippen molar-refractivity contribution in [3.8, 4) is 0 Å². The van der Waals surface area contributed by atoms with E-state index in [9.17, 15) is 5.11 Å². The standard InChI is InChI=1S/C14H31N3O/c1-4-7-15-14(12-18)11-17-8-5-13(6-9-17)10-16(2)3/h13-15,18H,4-12H2,1-3H3. The van der Waals surface area contributed by atoms with Crippen LogP contribution in [-0.2, 0) is 0 Å². The summed E-state index contributed by atoms with van der Waals surface area (Å²) in [4.78, 5) is 4.79. The van der Waals surface area contributed by atoms with Crippen molar-refractivity contribution in [2.75, 3.05) is 53.4 Å². The molecule has 1 heterocycles. The van der Waals surface area contributed by atoms with Gasteiger partial charge in [-0.25, -0.2) is 0 Å². The molecule has 108 valence electrons. The van der Waals surface area contributed by atoms with Crippen LogP contribution in [0.15, 0.2) is 0 Å². The maximum Gasteiger partial charge on any atom is 0.0597 e. The van der Waals surface area contributed by atoms with Gasteiger partial charge < -0.3 is 20.2 Å². The van der Waals surface area contributed by atoms with Gasteiger partial charge in [-0.3, -0.25) is 0 Å². The Balaban J connectivity index is 2.21. The van der Waals surface area contributed by atoms with Crippen LogP contribution in [0.2, 0.25) is 0 Å². The van der Waals surface area contributed by atoms with Crippen molar-refractivity contribution in [2.45, 2.75) is 32.2 Å². The van der Waals surface area contributed by atoms with Gasteiger partial charge in [-0.2, -0.15) is 0 Å². The summed E-state index contributed by atoms with van der Waals surface area (Å²) in [6.07, 6.45) is 3.72. The van der Waals surface area contributed by atoms with Gasteiger partial charge in [-0.05, 0) is 58.9 Å². The van der Waals surface area contributed by atoms with E-state index in [1.807, 2.05) is 0 Å². The molecule has 0 aliphatic carbocycles. The van der Waals surface area contributed by atoms with Gasteiger partial charge in [-0.15, -0.1) is 0 Å². The Morgan fingerprint density at radius 2 is 2.00 bits per heavy atom. The predicted molar refractivity (Wildman–Crippen MR) is 76.9 cm³/mol. The number of hydrogen-bond donors (Lipinski definition) is 2. The lowest BCUT2D eigenvalue weighted by Gasteiger charge is -2.35. The zero-order valence-electron chi connectivity index (χ0n) is 12.4. The number of aliphatic hydroxyl groups excluding tert-OH is 1. The minimum Gasteiger partial charge on any atom is -0.395 e. The molecule has 1 fully saturated rings. The van der Waals surface area contributed by atoms with Crippen molar-refractivity contribution in [2.24, 2.45) is 5.92 Å². The minimum atomic E-state index is 0.246. The highest BCUT2D eigenvalue weighted by Crippen LogP contribution is 2.17. The molecule has 0 saturated carbocycles. The molecule has 1 saturated heterocycles. The van der Waals surface area contributed by atoms with E-state index in [0.717, 1.165) is 25.4 Å². The van der Waals surface area contributed by atoms with Gasteiger partial charge in [0.05, 0.1) is 6.61 Å². The summed E-state index contributed by atoms with van der Waals surface area (Å²) >= 11 is 0. The van der Waals surface area contributed by atoms with Crippen LogP contribution in [-0.4, -0.2) is 74.4 Å². The second-order valence-electron chi connectivity index (χ2n) is 5.84. The molecule has 0 aromatic heterocycles. The third kappa shape index (κ3) is 6.14. The van der Waals surface area contributed by atoms with E-state index in [2.05, 4.69) is 36.1 Å². The van der Waals surface area contributed by atoms with Crippen LogP contribution in [0.1, 0.15) is 26.2 Å². The molecule has 1 aliphatic heterocycles. The molecule has 1 aliphatic rings. The van der Waals surface area contributed by atoms with Crippen LogP contribution in [0.4, 0.5) is 0 Å². The SMILES string of the molecule is CCCNC(CO)CN1CCC(CN(C)C)CC1. The molecule has 1 rings (SSSR count). The van der Waals surface area contributed by atoms with Crippen LogP contribution in [0.3, 0.4) is 0 Å². The highest BCUT2D eigenvalue weighted by atomic mass is 16.3. The van der Waals surface area contributed by atoms with E-state index in [0.29, 0.717) is 0 Å². The van der Waals surface area contributed by atoms with Gasteiger partial charge in [0.1, 0.15) is 0 Å². The van der Waals surface area contributed by atoms with E-state index >= 15 is 0 Å². The summed E-state index contributed by atoms with van der Waals surface area (Å²) in [7, 11) is 4.31. The van der Waals surface area contributed by atoms with Crippen molar-refractivity contribution in [3.05, 3.63) is 0 Å². The quantitative estimate of drug-likeness (QED) is 0.669. The summed E-state index contributed by atoms with van der Waals surface area (Å²) in [5.74, 6) is 0.854. The average Bonchev–Trinajstić information content (AvgIpc) is 2.36. The molecule has 0 bridgehead atoms. The second kappa shape index (κ2) is 8.86. The molecule has 0 spiro atoms. The van der Waals surface area contributed by atoms with Gasteiger partial charge >= 0.3 is 0 Å². The maximum atomic E-state index is 9.36. The number of likely N-dealkylation sites (tertiary alicyclic amines) is 1. The molecular weight excluding hydrogens is 226 g/mol. The first-order valence-corrected chi connectivity index (χ1v) is 7.37. The smallest absolute Gasteiger partial charge is 0.0597 e. The highest BCUT2D eigenvalue weighted by Gasteiger charge is 2.21. The minimum absolute atomic E-state index is 0.246. The first-order chi connectivity index (χ1) is 8.65. The maximum absolute atomic E-state index is 9.36. The summed E-state index contributed by atoms with van der Waals surface area (Å²) in [5, 5.41) is 12.8. The molecule has 0 radical (unpaired) electrons. The van der Waals surface area contributed by atoms with E-state index < -0.39 is 0 Å². The Morgan fingerprint density at radius 3 is 2.50 bits per heavy atom. The number of rotatable bonds is 8. The van der Waals surface area contributed by atoms with Crippen molar-refractivity contribution in [1.29, 1.82) is 0 Å². The van der Waals surface area contributed by atoms with Crippen molar-refractivity contribution in [1.82, 2.24) is 15.1 Å². The molecule has 4 nitrogen and oxygen atoms in total. The van der Waals surface area contributed by atoms with Crippen LogP contribution >= 0.6 is 0 Å². The summed E-state index contributed by atoms with van der Waals surface area (Å²) < 4.78 is 0. The number of nitrogens with zero attached hydrogens (tertiary/aromatic N) is 2. The molecule has 1 unspecified atom stereocenters. The van der Waals surface area contributed by atoms with Crippen LogP contribution in [0.5, 0.6) is 0 Å². The Labute approximate surface area is 112 Å².